The Morgan fingerprint density at radius 3 is 1.86 bits per heavy atom. The van der Waals surface area contributed by atoms with Gasteiger partial charge in [0.05, 0.1) is 0 Å². The first-order valence-corrected chi connectivity index (χ1v) is 12.3. The van der Waals surface area contributed by atoms with E-state index >= 15 is 0 Å². The summed E-state index contributed by atoms with van der Waals surface area (Å²) in [4.78, 5) is 41.5. The lowest BCUT2D eigenvalue weighted by Gasteiger charge is -2.35. The highest BCUT2D eigenvalue weighted by Gasteiger charge is 2.36. The zero-order valence-electron chi connectivity index (χ0n) is 22.7. The number of ether oxygens (including phenoxy) is 1. The molecular formula is C28H39N3O6. The fourth-order valence-electron chi connectivity index (χ4n) is 3.75. The van der Waals surface area contributed by atoms with Crippen molar-refractivity contribution in [3.05, 3.63) is 59.7 Å². The molecule has 9 nitrogen and oxygen atoms in total. The lowest BCUT2D eigenvalue weighted by Crippen LogP contribution is -2.55. The molecule has 0 aliphatic carbocycles. The van der Waals surface area contributed by atoms with Gasteiger partial charge in [0, 0.05) is 18.5 Å². The Balaban J connectivity index is 2.48. The van der Waals surface area contributed by atoms with Gasteiger partial charge in [0.25, 0.3) is 0 Å². The summed E-state index contributed by atoms with van der Waals surface area (Å²) in [5.41, 5.74) is -0.129. The summed E-state index contributed by atoms with van der Waals surface area (Å²) in [6.07, 6.45) is -0.654. The van der Waals surface area contributed by atoms with Crippen molar-refractivity contribution in [2.24, 2.45) is 0 Å². The van der Waals surface area contributed by atoms with Crippen LogP contribution in [0.4, 0.5) is 4.79 Å². The van der Waals surface area contributed by atoms with Crippen LogP contribution < -0.4 is 10.6 Å². The summed E-state index contributed by atoms with van der Waals surface area (Å²) in [6, 6.07) is 10.3. The molecule has 2 atom stereocenters. The molecule has 0 fully saturated rings. The van der Waals surface area contributed by atoms with Gasteiger partial charge in [0.15, 0.2) is 0 Å². The maximum absolute atomic E-state index is 14.0. The van der Waals surface area contributed by atoms with Crippen LogP contribution in [0.1, 0.15) is 65.6 Å². The van der Waals surface area contributed by atoms with Gasteiger partial charge in [-0.25, -0.2) is 4.79 Å². The van der Waals surface area contributed by atoms with E-state index in [0.717, 1.165) is 0 Å². The predicted molar refractivity (Wildman–Crippen MR) is 141 cm³/mol. The SMILES string of the molecule is CCN(C(=O)C(Cc1ccc(O)cc1)NC(=O)OC(C)(C)C)C(C(=O)NC(C)(C)C)c1ccc(O)cc1. The molecule has 0 heterocycles. The highest BCUT2D eigenvalue weighted by atomic mass is 16.6. The average molecular weight is 514 g/mol. The number of benzene rings is 2. The van der Waals surface area contributed by atoms with Crippen LogP contribution in [0.3, 0.4) is 0 Å². The van der Waals surface area contributed by atoms with Gasteiger partial charge in [0.2, 0.25) is 11.8 Å². The largest absolute Gasteiger partial charge is 0.508 e. The molecule has 3 amide bonds. The highest BCUT2D eigenvalue weighted by Crippen LogP contribution is 2.26. The Morgan fingerprint density at radius 2 is 1.41 bits per heavy atom. The van der Waals surface area contributed by atoms with Gasteiger partial charge in [-0.15, -0.1) is 0 Å². The minimum Gasteiger partial charge on any atom is -0.508 e. The molecule has 0 aliphatic heterocycles. The summed E-state index contributed by atoms with van der Waals surface area (Å²) in [6.45, 7) is 12.6. The Bertz CT molecular complexity index is 1070. The van der Waals surface area contributed by atoms with E-state index in [9.17, 15) is 24.6 Å². The number of phenols is 2. The molecule has 2 aromatic carbocycles. The van der Waals surface area contributed by atoms with Crippen LogP contribution in [0.2, 0.25) is 0 Å². The number of nitrogens with one attached hydrogen (secondary N) is 2. The fourth-order valence-corrected chi connectivity index (χ4v) is 3.75. The number of hydrogen-bond acceptors (Lipinski definition) is 6. The lowest BCUT2D eigenvalue weighted by molar-refractivity contribution is -0.142. The Morgan fingerprint density at radius 1 is 0.892 bits per heavy atom. The molecule has 2 aromatic rings. The number of likely N-dealkylation sites (N-methyl/N-ethyl adjacent to an activating group) is 1. The van der Waals surface area contributed by atoms with Crippen LogP contribution in [0.15, 0.2) is 48.5 Å². The van der Waals surface area contributed by atoms with Gasteiger partial charge in [-0.05, 0) is 83.9 Å². The van der Waals surface area contributed by atoms with Crippen LogP contribution >= 0.6 is 0 Å². The third-order valence-electron chi connectivity index (χ3n) is 5.26. The maximum Gasteiger partial charge on any atom is 0.408 e. The molecule has 202 valence electrons. The fraction of sp³-hybridized carbons (Fsp3) is 0.464. The topological polar surface area (TPSA) is 128 Å². The van der Waals surface area contributed by atoms with Gasteiger partial charge in [-0.2, -0.15) is 0 Å². The number of hydrogen-bond donors (Lipinski definition) is 4. The zero-order valence-corrected chi connectivity index (χ0v) is 22.7. The van der Waals surface area contributed by atoms with Crippen molar-refractivity contribution in [3.63, 3.8) is 0 Å². The van der Waals surface area contributed by atoms with Gasteiger partial charge in [-0.3, -0.25) is 9.59 Å². The molecule has 0 aromatic heterocycles. The first-order chi connectivity index (χ1) is 17.1. The summed E-state index contributed by atoms with van der Waals surface area (Å²) >= 11 is 0. The minimum absolute atomic E-state index is 0.0323. The second-order valence-corrected chi connectivity index (χ2v) is 10.9. The number of phenolic OH excluding ortho intramolecular Hbond substituents is 2. The molecule has 4 N–H and O–H groups in total. The van der Waals surface area contributed by atoms with E-state index < -0.39 is 41.1 Å². The van der Waals surface area contributed by atoms with Crippen LogP contribution in [0.5, 0.6) is 11.5 Å². The van der Waals surface area contributed by atoms with E-state index in [-0.39, 0.29) is 24.5 Å². The second-order valence-electron chi connectivity index (χ2n) is 10.9. The third kappa shape index (κ3) is 9.33. The first kappa shape index (κ1) is 29.5. The van der Waals surface area contributed by atoms with Gasteiger partial charge < -0.3 is 30.5 Å². The van der Waals surface area contributed by atoms with Crippen molar-refractivity contribution in [2.45, 2.75) is 78.1 Å². The van der Waals surface area contributed by atoms with E-state index in [1.165, 1.54) is 29.2 Å². The number of alkyl carbamates (subject to hydrolysis) is 1. The summed E-state index contributed by atoms with van der Waals surface area (Å²) in [5, 5.41) is 25.0. The molecular weight excluding hydrogens is 474 g/mol. The monoisotopic (exact) mass is 513 g/mol. The molecule has 2 rings (SSSR count). The summed E-state index contributed by atoms with van der Waals surface area (Å²) in [7, 11) is 0. The Labute approximate surface area is 218 Å². The van der Waals surface area contributed by atoms with E-state index in [0.29, 0.717) is 11.1 Å². The van der Waals surface area contributed by atoms with Crippen molar-refractivity contribution in [1.82, 2.24) is 15.5 Å². The number of carbonyl (C=O) groups is 3. The molecule has 9 heteroatoms. The third-order valence-corrected chi connectivity index (χ3v) is 5.26. The molecule has 0 radical (unpaired) electrons. The van der Waals surface area contributed by atoms with E-state index in [1.54, 1.807) is 52.0 Å². The number of aromatic hydroxyl groups is 2. The highest BCUT2D eigenvalue weighted by molar-refractivity contribution is 5.92. The van der Waals surface area contributed by atoms with Crippen LogP contribution in [-0.2, 0) is 20.7 Å². The number of carbonyl (C=O) groups excluding carboxylic acids is 3. The van der Waals surface area contributed by atoms with E-state index in [2.05, 4.69) is 10.6 Å². The quantitative estimate of drug-likeness (QED) is 0.422. The molecule has 0 spiro atoms. The maximum atomic E-state index is 14.0. The van der Waals surface area contributed by atoms with Crippen LogP contribution in [-0.4, -0.2) is 56.7 Å². The normalized spacial score (nSPS) is 13.3. The van der Waals surface area contributed by atoms with Crippen molar-refractivity contribution in [2.75, 3.05) is 6.54 Å². The molecule has 2 unspecified atom stereocenters. The standard InChI is InChI=1S/C28H39N3O6/c1-8-31(23(24(34)30-27(2,3)4)19-11-15-21(33)16-12-19)25(35)22(29-26(36)37-28(5,6)7)17-18-9-13-20(32)14-10-18/h9-16,22-23,32-33H,8,17H2,1-7H3,(H,29,36)(H,30,34). The predicted octanol–water partition coefficient (Wildman–Crippen LogP) is 4.04. The second kappa shape index (κ2) is 12.0. The number of nitrogens with zero attached hydrogens (tertiary/aromatic N) is 1. The van der Waals surface area contributed by atoms with Crippen LogP contribution in [0.25, 0.3) is 0 Å². The lowest BCUT2D eigenvalue weighted by atomic mass is 9.99. The molecule has 37 heavy (non-hydrogen) atoms. The molecule has 0 aliphatic rings. The average Bonchev–Trinajstić information content (AvgIpc) is 2.76. The van der Waals surface area contributed by atoms with Crippen LogP contribution in [0, 0.1) is 0 Å². The first-order valence-electron chi connectivity index (χ1n) is 12.3. The van der Waals surface area contributed by atoms with Crippen molar-refractivity contribution in [1.29, 1.82) is 0 Å². The Hall–Kier alpha value is -3.75. The van der Waals surface area contributed by atoms with Crippen molar-refractivity contribution >= 4 is 17.9 Å². The van der Waals surface area contributed by atoms with Crippen molar-refractivity contribution in [3.8, 4) is 11.5 Å². The molecule has 0 saturated carbocycles. The minimum atomic E-state index is -1.05. The van der Waals surface area contributed by atoms with Gasteiger partial charge >= 0.3 is 6.09 Å². The van der Waals surface area contributed by atoms with Gasteiger partial charge in [0.1, 0.15) is 29.2 Å². The number of rotatable bonds is 8. The Kier molecular flexibility index (Phi) is 9.55. The summed E-state index contributed by atoms with van der Waals surface area (Å²) < 4.78 is 5.39. The zero-order chi connectivity index (χ0) is 28.0. The molecule has 0 saturated heterocycles. The summed E-state index contributed by atoms with van der Waals surface area (Å²) in [5.74, 6) is -0.768. The smallest absolute Gasteiger partial charge is 0.408 e. The molecule has 0 bridgehead atoms. The van der Waals surface area contributed by atoms with Crippen molar-refractivity contribution < 1.29 is 29.3 Å². The van der Waals surface area contributed by atoms with Gasteiger partial charge in [-0.1, -0.05) is 24.3 Å². The number of amides is 3. The van der Waals surface area contributed by atoms with E-state index in [1.807, 2.05) is 20.8 Å². The van der Waals surface area contributed by atoms with E-state index in [4.69, 9.17) is 4.74 Å².